The molecule has 0 unspecified atom stereocenters. The van der Waals surface area contributed by atoms with E-state index in [9.17, 15) is 4.79 Å². The quantitative estimate of drug-likeness (QED) is 0.593. The van der Waals surface area contributed by atoms with Gasteiger partial charge in [-0.15, -0.1) is 0 Å². The number of esters is 1. The lowest BCUT2D eigenvalue weighted by atomic mass is 10.2. The van der Waals surface area contributed by atoms with Crippen molar-refractivity contribution in [3.05, 3.63) is 60.2 Å². The van der Waals surface area contributed by atoms with Gasteiger partial charge in [0.25, 0.3) is 0 Å². The van der Waals surface area contributed by atoms with E-state index in [0.29, 0.717) is 12.2 Å². The topological polar surface area (TPSA) is 26.3 Å². The van der Waals surface area contributed by atoms with Crippen molar-refractivity contribution < 1.29 is 9.53 Å². The molecule has 0 radical (unpaired) electrons. The average Bonchev–Trinajstić information content (AvgIpc) is 2.28. The molecule has 0 spiro atoms. The lowest BCUT2D eigenvalue weighted by Gasteiger charge is -2.03. The van der Waals surface area contributed by atoms with Gasteiger partial charge in [0.2, 0.25) is 0 Å². The molecule has 0 N–H and O–H groups in total. The summed E-state index contributed by atoms with van der Waals surface area (Å²) in [5.74, 6) is -0.344. The Morgan fingerprint density at radius 2 is 1.94 bits per heavy atom. The van der Waals surface area contributed by atoms with Gasteiger partial charge in [0.15, 0.2) is 0 Å². The fourth-order valence-electron chi connectivity index (χ4n) is 0.846. The summed E-state index contributed by atoms with van der Waals surface area (Å²) in [6, 6.07) is 9.55. The number of halogens is 1. The van der Waals surface area contributed by atoms with Crippen LogP contribution in [0.15, 0.2) is 54.6 Å². The third-order valence-corrected chi connectivity index (χ3v) is 1.56. The van der Waals surface area contributed by atoms with E-state index in [1.165, 1.54) is 5.54 Å². The van der Waals surface area contributed by atoms with Gasteiger partial charge in [-0.25, -0.2) is 4.79 Å². The smallest absolute Gasteiger partial charge is 0.333 e. The second-order valence-electron chi connectivity index (χ2n) is 3.00. The molecule has 1 aromatic rings. The van der Waals surface area contributed by atoms with E-state index in [1.807, 2.05) is 30.3 Å². The summed E-state index contributed by atoms with van der Waals surface area (Å²) in [5, 5.41) is 0. The third-order valence-electron chi connectivity index (χ3n) is 1.56. The Hall–Kier alpha value is -1.54. The Morgan fingerprint density at radius 1 is 1.44 bits per heavy atom. The van der Waals surface area contributed by atoms with Crippen LogP contribution in [-0.4, -0.2) is 5.97 Å². The molecule has 0 saturated heterocycles. The molecule has 0 saturated carbocycles. The minimum absolute atomic E-state index is 0.312. The van der Waals surface area contributed by atoms with Crippen LogP contribution < -0.4 is 0 Å². The van der Waals surface area contributed by atoms with E-state index < -0.39 is 0 Å². The van der Waals surface area contributed by atoms with Gasteiger partial charge >= 0.3 is 5.97 Å². The van der Waals surface area contributed by atoms with Gasteiger partial charge in [0.1, 0.15) is 6.61 Å². The highest BCUT2D eigenvalue weighted by molar-refractivity contribution is 6.25. The van der Waals surface area contributed by atoms with Gasteiger partial charge in [-0.05, 0) is 18.0 Å². The Balaban J connectivity index is 0.000000673. The first-order valence-corrected chi connectivity index (χ1v) is 5.13. The number of carbonyl (C=O) groups excluding carboxylic acids is 1. The molecule has 0 atom stereocenters. The maximum Gasteiger partial charge on any atom is 0.333 e. The molecular formula is C13H15ClO2. The minimum Gasteiger partial charge on any atom is -0.457 e. The summed E-state index contributed by atoms with van der Waals surface area (Å²) in [5.41, 5.74) is 2.63. The SMILES string of the molecule is C=C(C)C(=O)OCc1ccccc1.C=CCl. The van der Waals surface area contributed by atoms with Gasteiger partial charge in [0, 0.05) is 5.57 Å². The molecule has 0 aliphatic carbocycles. The predicted molar refractivity (Wildman–Crippen MR) is 67.1 cm³/mol. The molecular weight excluding hydrogens is 224 g/mol. The van der Waals surface area contributed by atoms with E-state index in [-0.39, 0.29) is 5.97 Å². The molecule has 1 rings (SSSR count). The highest BCUT2D eigenvalue weighted by atomic mass is 35.5. The summed E-state index contributed by atoms with van der Waals surface area (Å²) in [6.07, 6.45) is 0. The Morgan fingerprint density at radius 3 is 2.38 bits per heavy atom. The van der Waals surface area contributed by atoms with Crippen LogP contribution in [0.25, 0.3) is 0 Å². The summed E-state index contributed by atoms with van der Waals surface area (Å²) in [6.45, 7) is 8.56. The number of rotatable bonds is 3. The highest BCUT2D eigenvalue weighted by Crippen LogP contribution is 2.02. The lowest BCUT2D eigenvalue weighted by Crippen LogP contribution is -2.04. The van der Waals surface area contributed by atoms with Crippen LogP contribution in [0.3, 0.4) is 0 Å². The standard InChI is InChI=1S/C11H12O2.C2H3Cl/c1-9(2)11(12)13-8-10-6-4-3-5-7-10;1-2-3/h3-7H,1,8H2,2H3;2H,1H2. The number of hydrogen-bond donors (Lipinski definition) is 0. The normalized spacial score (nSPS) is 8.38. The molecule has 0 heterocycles. The van der Waals surface area contributed by atoms with Crippen LogP contribution >= 0.6 is 11.6 Å². The van der Waals surface area contributed by atoms with Crippen LogP contribution in [0.1, 0.15) is 12.5 Å². The molecule has 3 heteroatoms. The zero-order valence-electron chi connectivity index (χ0n) is 9.28. The molecule has 1 aromatic carbocycles. The lowest BCUT2D eigenvalue weighted by molar-refractivity contribution is -0.140. The van der Waals surface area contributed by atoms with E-state index in [1.54, 1.807) is 6.92 Å². The van der Waals surface area contributed by atoms with E-state index in [0.717, 1.165) is 5.56 Å². The second-order valence-corrected chi connectivity index (χ2v) is 3.30. The molecule has 2 nitrogen and oxygen atoms in total. The monoisotopic (exact) mass is 238 g/mol. The van der Waals surface area contributed by atoms with Gasteiger partial charge in [-0.3, -0.25) is 0 Å². The molecule has 0 fully saturated rings. The summed E-state index contributed by atoms with van der Waals surface area (Å²) in [4.78, 5) is 11.0. The van der Waals surface area contributed by atoms with Crippen LogP contribution in [0, 0.1) is 0 Å². The third kappa shape index (κ3) is 6.85. The zero-order chi connectivity index (χ0) is 12.4. The average molecular weight is 239 g/mol. The highest BCUT2D eigenvalue weighted by Gasteiger charge is 2.02. The van der Waals surface area contributed by atoms with Gasteiger partial charge in [-0.2, -0.15) is 0 Å². The van der Waals surface area contributed by atoms with Crippen molar-refractivity contribution in [3.63, 3.8) is 0 Å². The first-order chi connectivity index (χ1) is 7.61. The Kier molecular flexibility index (Phi) is 7.90. The van der Waals surface area contributed by atoms with Crippen LogP contribution in [0.4, 0.5) is 0 Å². The van der Waals surface area contributed by atoms with E-state index >= 15 is 0 Å². The van der Waals surface area contributed by atoms with Crippen molar-refractivity contribution >= 4 is 17.6 Å². The summed E-state index contributed by atoms with van der Waals surface area (Å²) >= 11 is 4.76. The molecule has 0 aliphatic heterocycles. The van der Waals surface area contributed by atoms with Gasteiger partial charge < -0.3 is 4.74 Å². The Bertz CT molecular complexity index is 344. The molecule has 86 valence electrons. The summed E-state index contributed by atoms with van der Waals surface area (Å²) in [7, 11) is 0. The van der Waals surface area contributed by atoms with Crippen molar-refractivity contribution in [1.82, 2.24) is 0 Å². The first kappa shape index (κ1) is 14.5. The van der Waals surface area contributed by atoms with Crippen molar-refractivity contribution in [3.8, 4) is 0 Å². The van der Waals surface area contributed by atoms with Crippen LogP contribution in [0.2, 0.25) is 0 Å². The zero-order valence-corrected chi connectivity index (χ0v) is 10.0. The maximum absolute atomic E-state index is 11.0. The fraction of sp³-hybridized carbons (Fsp3) is 0.154. The van der Waals surface area contributed by atoms with Gasteiger partial charge in [-0.1, -0.05) is 55.1 Å². The van der Waals surface area contributed by atoms with Crippen LogP contribution in [0.5, 0.6) is 0 Å². The molecule has 16 heavy (non-hydrogen) atoms. The fourth-order valence-corrected chi connectivity index (χ4v) is 0.846. The Labute approximate surface area is 101 Å². The van der Waals surface area contributed by atoms with E-state index in [4.69, 9.17) is 16.3 Å². The van der Waals surface area contributed by atoms with Crippen molar-refractivity contribution in [2.45, 2.75) is 13.5 Å². The van der Waals surface area contributed by atoms with Crippen molar-refractivity contribution in [2.75, 3.05) is 0 Å². The van der Waals surface area contributed by atoms with E-state index in [2.05, 4.69) is 13.2 Å². The van der Waals surface area contributed by atoms with Crippen molar-refractivity contribution in [2.24, 2.45) is 0 Å². The number of ether oxygens (including phenoxy) is 1. The summed E-state index contributed by atoms with van der Waals surface area (Å²) < 4.78 is 4.95. The van der Waals surface area contributed by atoms with Gasteiger partial charge in [0.05, 0.1) is 0 Å². The first-order valence-electron chi connectivity index (χ1n) is 4.69. The van der Waals surface area contributed by atoms with Crippen molar-refractivity contribution in [1.29, 1.82) is 0 Å². The predicted octanol–water partition coefficient (Wildman–Crippen LogP) is 3.67. The van der Waals surface area contributed by atoms with Crippen LogP contribution in [-0.2, 0) is 16.1 Å². The number of benzene rings is 1. The molecule has 0 aliphatic rings. The largest absolute Gasteiger partial charge is 0.457 e. The minimum atomic E-state index is -0.344. The molecule has 0 amide bonds. The molecule has 0 aromatic heterocycles. The molecule has 0 bridgehead atoms. The second kappa shape index (κ2) is 8.74. The number of carbonyl (C=O) groups is 1. The maximum atomic E-state index is 11.0. The number of hydrogen-bond acceptors (Lipinski definition) is 2.